The molecule has 5 heteroatoms. The zero-order valence-electron chi connectivity index (χ0n) is 5.66. The minimum Gasteiger partial charge on any atom is -0.223 e. The molecule has 2 nitrogen and oxygen atoms in total. The second-order valence-corrected chi connectivity index (χ2v) is 6.02. The van der Waals surface area contributed by atoms with Crippen molar-refractivity contribution < 1.29 is 8.42 Å². The second kappa shape index (κ2) is 3.69. The quantitative estimate of drug-likeness (QED) is 0.773. The van der Waals surface area contributed by atoms with E-state index in [0.29, 0.717) is 9.54 Å². The number of sulfone groups is 1. The largest absolute Gasteiger partial charge is 0.223 e. The number of hydrogen-bond acceptors (Lipinski definition) is 3. The van der Waals surface area contributed by atoms with Crippen molar-refractivity contribution >= 4 is 37.1 Å². The Labute approximate surface area is 78.3 Å². The number of hydrogen-bond donors (Lipinski definition) is 0. The van der Waals surface area contributed by atoms with Crippen LogP contribution in [0.4, 0.5) is 0 Å². The van der Waals surface area contributed by atoms with Gasteiger partial charge in [-0.15, -0.1) is 11.3 Å². The SMILES string of the molecule is O=S(=O)(CCBr)c1cccs1. The molecule has 0 N–H and O–H groups in total. The summed E-state index contributed by atoms with van der Waals surface area (Å²) in [5.41, 5.74) is 0. The van der Waals surface area contributed by atoms with Gasteiger partial charge in [0.05, 0.1) is 5.75 Å². The molecule has 1 heterocycles. The molecule has 0 saturated carbocycles. The standard InChI is InChI=1S/C6H7BrO2S2/c7-3-5-11(8,9)6-2-1-4-10-6/h1-2,4H,3,5H2. The van der Waals surface area contributed by atoms with E-state index in [2.05, 4.69) is 15.9 Å². The fourth-order valence-corrected chi connectivity index (χ4v) is 4.06. The number of rotatable bonds is 3. The van der Waals surface area contributed by atoms with Gasteiger partial charge in [0.1, 0.15) is 4.21 Å². The van der Waals surface area contributed by atoms with Gasteiger partial charge in [-0.25, -0.2) is 8.42 Å². The normalized spacial score (nSPS) is 11.7. The topological polar surface area (TPSA) is 34.1 Å². The predicted octanol–water partition coefficient (Wildman–Crippen LogP) is 1.92. The minimum absolute atomic E-state index is 0.174. The lowest BCUT2D eigenvalue weighted by Gasteiger charge is -1.95. The monoisotopic (exact) mass is 254 g/mol. The Hall–Kier alpha value is 0.130. The molecule has 0 unspecified atom stereocenters. The van der Waals surface area contributed by atoms with Crippen molar-refractivity contribution in [1.29, 1.82) is 0 Å². The average molecular weight is 255 g/mol. The van der Waals surface area contributed by atoms with Crippen LogP contribution in [0, 0.1) is 0 Å². The van der Waals surface area contributed by atoms with Gasteiger partial charge in [-0.1, -0.05) is 22.0 Å². The summed E-state index contributed by atoms with van der Waals surface area (Å²) in [4.78, 5) is 0. The van der Waals surface area contributed by atoms with Crippen LogP contribution in [-0.4, -0.2) is 19.5 Å². The van der Waals surface area contributed by atoms with Crippen LogP contribution >= 0.6 is 27.3 Å². The van der Waals surface area contributed by atoms with Gasteiger partial charge in [-0.3, -0.25) is 0 Å². The summed E-state index contributed by atoms with van der Waals surface area (Å²) in [6.45, 7) is 0. The first kappa shape index (κ1) is 9.22. The van der Waals surface area contributed by atoms with Crippen molar-refractivity contribution in [3.63, 3.8) is 0 Å². The van der Waals surface area contributed by atoms with Crippen LogP contribution in [0.15, 0.2) is 21.7 Å². The molecular formula is C6H7BrO2S2. The van der Waals surface area contributed by atoms with Gasteiger partial charge < -0.3 is 0 Å². The van der Waals surface area contributed by atoms with Crippen LogP contribution in [-0.2, 0) is 9.84 Å². The van der Waals surface area contributed by atoms with E-state index in [0.717, 1.165) is 0 Å². The predicted molar refractivity (Wildman–Crippen MR) is 50.2 cm³/mol. The van der Waals surface area contributed by atoms with E-state index in [9.17, 15) is 8.42 Å². The van der Waals surface area contributed by atoms with Crippen molar-refractivity contribution in [3.05, 3.63) is 17.5 Å². The number of thiophene rings is 1. The summed E-state index contributed by atoms with van der Waals surface area (Å²) < 4.78 is 23.0. The van der Waals surface area contributed by atoms with Gasteiger partial charge in [-0.05, 0) is 11.4 Å². The molecule has 62 valence electrons. The molecule has 0 saturated heterocycles. The average Bonchev–Trinajstić information content (AvgIpc) is 2.37. The highest BCUT2D eigenvalue weighted by Crippen LogP contribution is 2.17. The highest BCUT2D eigenvalue weighted by atomic mass is 79.9. The Morgan fingerprint density at radius 3 is 2.73 bits per heavy atom. The van der Waals surface area contributed by atoms with Crippen LogP contribution in [0.5, 0.6) is 0 Å². The molecule has 0 amide bonds. The van der Waals surface area contributed by atoms with Crippen molar-refractivity contribution in [2.24, 2.45) is 0 Å². The molecule has 0 aliphatic rings. The van der Waals surface area contributed by atoms with E-state index in [-0.39, 0.29) is 5.75 Å². The van der Waals surface area contributed by atoms with Crippen molar-refractivity contribution in [3.8, 4) is 0 Å². The summed E-state index contributed by atoms with van der Waals surface area (Å²) in [7, 11) is -3.00. The van der Waals surface area contributed by atoms with Gasteiger partial charge >= 0.3 is 0 Å². The zero-order chi connectivity index (χ0) is 8.32. The summed E-state index contributed by atoms with van der Waals surface area (Å²) >= 11 is 4.36. The minimum atomic E-state index is -3.00. The van der Waals surface area contributed by atoms with E-state index < -0.39 is 9.84 Å². The lowest BCUT2D eigenvalue weighted by Crippen LogP contribution is -2.05. The van der Waals surface area contributed by atoms with Crippen LogP contribution in [0.1, 0.15) is 0 Å². The van der Waals surface area contributed by atoms with Gasteiger partial charge in [0.15, 0.2) is 9.84 Å². The summed E-state index contributed by atoms with van der Waals surface area (Å²) in [6.07, 6.45) is 0. The highest BCUT2D eigenvalue weighted by molar-refractivity contribution is 9.09. The lowest BCUT2D eigenvalue weighted by molar-refractivity contribution is 0.599. The van der Waals surface area contributed by atoms with Gasteiger partial charge in [-0.2, -0.15) is 0 Å². The summed E-state index contributed by atoms with van der Waals surface area (Å²) in [5, 5.41) is 2.26. The second-order valence-electron chi connectivity index (χ2n) is 1.94. The maximum Gasteiger partial charge on any atom is 0.188 e. The van der Waals surface area contributed by atoms with Gasteiger partial charge in [0.2, 0.25) is 0 Å². The third kappa shape index (κ3) is 2.28. The van der Waals surface area contributed by atoms with Crippen LogP contribution in [0.2, 0.25) is 0 Å². The molecular weight excluding hydrogens is 248 g/mol. The van der Waals surface area contributed by atoms with E-state index >= 15 is 0 Å². The molecule has 11 heavy (non-hydrogen) atoms. The Balaban J connectivity index is 2.92. The first-order valence-corrected chi connectivity index (χ1v) is 6.64. The fraction of sp³-hybridized carbons (Fsp3) is 0.333. The molecule has 0 radical (unpaired) electrons. The smallest absolute Gasteiger partial charge is 0.188 e. The third-order valence-corrected chi connectivity index (χ3v) is 5.27. The molecule has 0 bridgehead atoms. The highest BCUT2D eigenvalue weighted by Gasteiger charge is 2.13. The molecule has 1 aromatic rings. The van der Waals surface area contributed by atoms with Crippen molar-refractivity contribution in [1.82, 2.24) is 0 Å². The van der Waals surface area contributed by atoms with Gasteiger partial charge in [0.25, 0.3) is 0 Å². The maximum atomic E-state index is 11.3. The fourth-order valence-electron chi connectivity index (χ4n) is 0.643. The Morgan fingerprint density at radius 1 is 1.55 bits per heavy atom. The molecule has 0 aliphatic carbocycles. The van der Waals surface area contributed by atoms with E-state index in [1.165, 1.54) is 11.3 Å². The van der Waals surface area contributed by atoms with Gasteiger partial charge in [0, 0.05) is 5.33 Å². The summed E-state index contributed by atoms with van der Waals surface area (Å²) in [5.74, 6) is 0.174. The number of halogens is 1. The first-order chi connectivity index (χ1) is 5.17. The molecule has 1 rings (SSSR count). The van der Waals surface area contributed by atoms with Crippen molar-refractivity contribution in [2.45, 2.75) is 4.21 Å². The first-order valence-electron chi connectivity index (χ1n) is 2.99. The molecule has 0 spiro atoms. The van der Waals surface area contributed by atoms with E-state index in [1.807, 2.05) is 0 Å². The Morgan fingerprint density at radius 2 is 2.27 bits per heavy atom. The van der Waals surface area contributed by atoms with Crippen molar-refractivity contribution in [2.75, 3.05) is 11.1 Å². The van der Waals surface area contributed by atoms with Crippen LogP contribution in [0.3, 0.4) is 0 Å². The molecule has 0 aliphatic heterocycles. The number of alkyl halides is 1. The van der Waals surface area contributed by atoms with E-state index in [4.69, 9.17) is 0 Å². The molecule has 0 fully saturated rings. The molecule has 0 atom stereocenters. The zero-order valence-corrected chi connectivity index (χ0v) is 8.88. The lowest BCUT2D eigenvalue weighted by atomic mass is 10.7. The molecule has 1 aromatic heterocycles. The van der Waals surface area contributed by atoms with E-state index in [1.54, 1.807) is 17.5 Å². The molecule has 0 aromatic carbocycles. The Kier molecular flexibility index (Phi) is 3.09. The van der Waals surface area contributed by atoms with Crippen LogP contribution < -0.4 is 0 Å². The summed E-state index contributed by atoms with van der Waals surface area (Å²) in [6, 6.07) is 3.37. The third-order valence-electron chi connectivity index (χ3n) is 1.15. The maximum absolute atomic E-state index is 11.3. The Bertz CT molecular complexity index is 301. The van der Waals surface area contributed by atoms with Crippen LogP contribution in [0.25, 0.3) is 0 Å².